The van der Waals surface area contributed by atoms with Crippen LogP contribution in [0.3, 0.4) is 0 Å². The Morgan fingerprint density at radius 3 is 2.83 bits per heavy atom. The average Bonchev–Trinajstić information content (AvgIpc) is 2.99. The number of amides is 1. The van der Waals surface area contributed by atoms with Crippen LogP contribution in [-0.2, 0) is 0 Å². The molecule has 0 aliphatic rings. The molecule has 0 aliphatic carbocycles. The Morgan fingerprint density at radius 2 is 2.17 bits per heavy atom. The minimum Gasteiger partial charge on any atom is -0.289 e. The van der Waals surface area contributed by atoms with Gasteiger partial charge in [-0.3, -0.25) is 20.2 Å². The van der Waals surface area contributed by atoms with Crippen LogP contribution < -0.4 is 5.32 Å². The molecule has 0 bridgehead atoms. The Hall–Kier alpha value is -2.52. The van der Waals surface area contributed by atoms with Crippen LogP contribution in [0.1, 0.15) is 20.9 Å². The molecule has 0 fully saturated rings. The maximum Gasteiger partial charge on any atom is 0.288 e. The van der Waals surface area contributed by atoms with Gasteiger partial charge < -0.3 is 0 Å². The Bertz CT molecular complexity index is 949. The quantitative estimate of drug-likeness (QED) is 0.576. The van der Waals surface area contributed by atoms with Crippen LogP contribution in [-0.4, -0.2) is 25.4 Å². The number of carbonyl (C=O) groups is 1. The summed E-state index contributed by atoms with van der Waals surface area (Å²) in [5.74, 6) is -0.403. The van der Waals surface area contributed by atoms with E-state index in [9.17, 15) is 14.9 Å². The van der Waals surface area contributed by atoms with Crippen molar-refractivity contribution in [3.05, 3.63) is 49.5 Å². The molecular formula is C13H10ClN5O3S. The lowest BCUT2D eigenvalue weighted by atomic mass is 10.2. The molecule has 2 heterocycles. The largest absolute Gasteiger partial charge is 0.289 e. The number of fused-ring (bicyclic) bond motifs is 1. The highest BCUT2D eigenvalue weighted by molar-refractivity contribution is 7.17. The monoisotopic (exact) mass is 351 g/mol. The maximum atomic E-state index is 12.2. The molecule has 0 spiro atoms. The lowest BCUT2D eigenvalue weighted by Gasteiger charge is -2.02. The second kappa shape index (κ2) is 5.60. The van der Waals surface area contributed by atoms with E-state index in [-0.39, 0.29) is 22.2 Å². The Labute approximate surface area is 138 Å². The minimum atomic E-state index is -0.643. The van der Waals surface area contributed by atoms with E-state index in [4.69, 9.17) is 11.6 Å². The van der Waals surface area contributed by atoms with Crippen LogP contribution in [0.5, 0.6) is 0 Å². The predicted octanol–water partition coefficient (Wildman–Crippen LogP) is 3.22. The first-order chi connectivity index (χ1) is 10.9. The summed E-state index contributed by atoms with van der Waals surface area (Å²) in [6, 6.07) is 3.82. The number of halogens is 1. The Balaban J connectivity index is 1.88. The number of carbonyl (C=O) groups excluding carboxylic acids is 1. The summed E-state index contributed by atoms with van der Waals surface area (Å²) < 4.78 is 1.64. The van der Waals surface area contributed by atoms with Gasteiger partial charge in [0.05, 0.1) is 10.6 Å². The van der Waals surface area contributed by atoms with E-state index < -0.39 is 10.8 Å². The number of anilines is 1. The molecule has 10 heteroatoms. The second-order valence-electron chi connectivity index (χ2n) is 4.75. The van der Waals surface area contributed by atoms with Crippen LogP contribution in [0.4, 0.5) is 11.6 Å². The molecular weight excluding hydrogens is 342 g/mol. The van der Waals surface area contributed by atoms with E-state index in [1.54, 1.807) is 4.52 Å². The van der Waals surface area contributed by atoms with Crippen molar-refractivity contribution >= 4 is 45.4 Å². The molecule has 0 aliphatic heterocycles. The molecule has 2 aromatic heterocycles. The third kappa shape index (κ3) is 2.76. The number of nitrogens with one attached hydrogen (secondary N) is 1. The van der Waals surface area contributed by atoms with Gasteiger partial charge in [-0.1, -0.05) is 22.9 Å². The van der Waals surface area contributed by atoms with Gasteiger partial charge in [0.15, 0.2) is 0 Å². The summed E-state index contributed by atoms with van der Waals surface area (Å²) in [4.78, 5) is 28.4. The van der Waals surface area contributed by atoms with Gasteiger partial charge in [0.1, 0.15) is 5.02 Å². The zero-order chi connectivity index (χ0) is 16.7. The van der Waals surface area contributed by atoms with Crippen LogP contribution in [0, 0.1) is 24.0 Å². The summed E-state index contributed by atoms with van der Waals surface area (Å²) in [7, 11) is 0. The predicted molar refractivity (Wildman–Crippen MR) is 86.4 cm³/mol. The van der Waals surface area contributed by atoms with Crippen LogP contribution in [0.15, 0.2) is 18.2 Å². The van der Waals surface area contributed by atoms with Crippen molar-refractivity contribution in [1.82, 2.24) is 14.6 Å². The van der Waals surface area contributed by atoms with E-state index in [1.807, 2.05) is 13.8 Å². The van der Waals surface area contributed by atoms with Crippen molar-refractivity contribution < 1.29 is 9.72 Å². The molecule has 8 nitrogen and oxygen atoms in total. The molecule has 118 valence electrons. The summed E-state index contributed by atoms with van der Waals surface area (Å²) in [5, 5.41) is 17.6. The van der Waals surface area contributed by atoms with Gasteiger partial charge in [-0.25, -0.2) is 4.52 Å². The molecule has 1 N–H and O–H groups in total. The molecule has 0 radical (unpaired) electrons. The van der Waals surface area contributed by atoms with E-state index in [2.05, 4.69) is 15.4 Å². The van der Waals surface area contributed by atoms with Gasteiger partial charge in [0, 0.05) is 16.5 Å². The fourth-order valence-electron chi connectivity index (χ4n) is 1.96. The number of hydrogen-bond donors (Lipinski definition) is 1. The molecule has 0 atom stereocenters. The van der Waals surface area contributed by atoms with Crippen molar-refractivity contribution in [2.75, 3.05) is 5.32 Å². The summed E-state index contributed by atoms with van der Waals surface area (Å²) in [5.41, 5.74) is 0.719. The van der Waals surface area contributed by atoms with Crippen molar-refractivity contribution in [1.29, 1.82) is 0 Å². The minimum absolute atomic E-state index is 0.0294. The highest BCUT2D eigenvalue weighted by atomic mass is 35.5. The number of nitrogens with zero attached hydrogens (tertiary/aromatic N) is 4. The van der Waals surface area contributed by atoms with Crippen LogP contribution in [0.25, 0.3) is 4.96 Å². The zero-order valence-corrected chi connectivity index (χ0v) is 13.6. The molecule has 3 rings (SSSR count). The number of aromatic nitrogens is 3. The van der Waals surface area contributed by atoms with Gasteiger partial charge in [-0.05, 0) is 26.0 Å². The van der Waals surface area contributed by atoms with Gasteiger partial charge in [0.25, 0.3) is 17.5 Å². The van der Waals surface area contributed by atoms with Crippen LogP contribution >= 0.6 is 22.9 Å². The first kappa shape index (κ1) is 15.4. The molecule has 0 unspecified atom stereocenters. The van der Waals surface area contributed by atoms with E-state index in [1.165, 1.54) is 23.5 Å². The van der Waals surface area contributed by atoms with Crippen molar-refractivity contribution in [2.45, 2.75) is 13.8 Å². The second-order valence-corrected chi connectivity index (χ2v) is 6.34. The fraction of sp³-hybridized carbons (Fsp3) is 0.154. The van der Waals surface area contributed by atoms with Crippen molar-refractivity contribution in [3.8, 4) is 0 Å². The van der Waals surface area contributed by atoms with E-state index >= 15 is 0 Å². The fourth-order valence-corrected chi connectivity index (χ4v) is 3.05. The number of nitro groups is 1. The van der Waals surface area contributed by atoms with Gasteiger partial charge in [0.2, 0.25) is 4.96 Å². The Morgan fingerprint density at radius 1 is 1.43 bits per heavy atom. The number of nitro benzene ring substituents is 1. The number of aryl methyl sites for hydroxylation is 2. The van der Waals surface area contributed by atoms with E-state index in [0.717, 1.165) is 16.6 Å². The summed E-state index contributed by atoms with van der Waals surface area (Å²) >= 11 is 7.19. The summed E-state index contributed by atoms with van der Waals surface area (Å²) in [6.45, 7) is 3.86. The third-order valence-electron chi connectivity index (χ3n) is 3.28. The number of thiazole rings is 1. The van der Waals surface area contributed by atoms with Crippen molar-refractivity contribution in [2.24, 2.45) is 0 Å². The Kier molecular flexibility index (Phi) is 3.74. The highest BCUT2D eigenvalue weighted by Crippen LogP contribution is 2.26. The first-order valence-electron chi connectivity index (χ1n) is 6.45. The number of benzene rings is 1. The molecule has 23 heavy (non-hydrogen) atoms. The molecule has 3 aromatic rings. The van der Waals surface area contributed by atoms with Gasteiger partial charge in [-0.15, -0.1) is 5.10 Å². The zero-order valence-electron chi connectivity index (χ0n) is 12.0. The van der Waals surface area contributed by atoms with Crippen molar-refractivity contribution in [3.63, 3.8) is 0 Å². The molecule has 0 saturated carbocycles. The highest BCUT2D eigenvalue weighted by Gasteiger charge is 2.18. The number of hydrogen-bond acceptors (Lipinski definition) is 6. The normalized spacial score (nSPS) is 10.9. The maximum absolute atomic E-state index is 12.2. The van der Waals surface area contributed by atoms with E-state index in [0.29, 0.717) is 4.96 Å². The molecule has 1 aromatic carbocycles. The lowest BCUT2D eigenvalue weighted by molar-refractivity contribution is -0.384. The number of rotatable bonds is 3. The average molecular weight is 352 g/mol. The molecule has 0 saturated heterocycles. The third-order valence-corrected chi connectivity index (χ3v) is 4.65. The molecule has 1 amide bonds. The lowest BCUT2D eigenvalue weighted by Crippen LogP contribution is -2.13. The first-order valence-corrected chi connectivity index (χ1v) is 7.64. The topological polar surface area (TPSA) is 102 Å². The SMILES string of the molecule is Cc1sc2nc(NC(=O)c3ccc(Cl)c([N+](=O)[O-])c3)nn2c1C. The van der Waals surface area contributed by atoms with Crippen LogP contribution in [0.2, 0.25) is 5.02 Å². The standard InChI is InChI=1S/C13H10ClN5O3S/c1-6-7(2)23-13-16-12(17-18(6)13)15-11(20)8-3-4-9(14)10(5-8)19(21)22/h3-5H,1-2H3,(H,15,17,20). The van der Waals surface area contributed by atoms with Gasteiger partial charge >= 0.3 is 0 Å². The van der Waals surface area contributed by atoms with Gasteiger partial charge in [-0.2, -0.15) is 4.98 Å². The smallest absolute Gasteiger partial charge is 0.288 e. The summed E-state index contributed by atoms with van der Waals surface area (Å²) in [6.07, 6.45) is 0.